The highest BCUT2D eigenvalue weighted by atomic mass is 35.5. The number of carbonyl (C=O) groups excluding carboxylic acids is 1. The fraction of sp³-hybridized carbons (Fsp3) is 0.176. The maximum absolute atomic E-state index is 12.3. The van der Waals surface area contributed by atoms with Crippen LogP contribution < -0.4 is 10.1 Å². The summed E-state index contributed by atoms with van der Waals surface area (Å²) in [5, 5.41) is 15.7. The zero-order chi connectivity index (χ0) is 20.1. The molecule has 0 aliphatic heterocycles. The fourth-order valence-electron chi connectivity index (χ4n) is 2.30. The van der Waals surface area contributed by atoms with Crippen LogP contribution in [-0.2, 0) is 4.79 Å². The van der Waals surface area contributed by atoms with Crippen LogP contribution >= 0.6 is 46.6 Å². The van der Waals surface area contributed by atoms with Crippen LogP contribution in [0.5, 0.6) is 5.75 Å². The molecule has 146 valence electrons. The predicted molar refractivity (Wildman–Crippen MR) is 111 cm³/mol. The number of amides is 1. The lowest BCUT2D eigenvalue weighted by molar-refractivity contribution is -0.113. The Kier molecular flexibility index (Phi) is 7.01. The number of halogens is 3. The van der Waals surface area contributed by atoms with Gasteiger partial charge in [-0.1, -0.05) is 58.7 Å². The molecule has 28 heavy (non-hydrogen) atoms. The van der Waals surface area contributed by atoms with Crippen LogP contribution in [0.2, 0.25) is 15.1 Å². The SMILES string of the molecule is CCOc1ccccc1-n1nnnc1SCC(=O)Nc1c(Cl)cc(Cl)cc1Cl. The highest BCUT2D eigenvalue weighted by Crippen LogP contribution is 2.34. The Hall–Kier alpha value is -2.00. The largest absolute Gasteiger partial charge is 0.492 e. The molecule has 11 heteroatoms. The van der Waals surface area contributed by atoms with Gasteiger partial charge < -0.3 is 10.1 Å². The molecule has 0 aliphatic carbocycles. The van der Waals surface area contributed by atoms with E-state index in [0.29, 0.717) is 33.9 Å². The highest BCUT2D eigenvalue weighted by molar-refractivity contribution is 7.99. The van der Waals surface area contributed by atoms with Crippen LogP contribution in [-0.4, -0.2) is 38.5 Å². The number of hydrogen-bond acceptors (Lipinski definition) is 6. The van der Waals surface area contributed by atoms with E-state index in [-0.39, 0.29) is 21.7 Å². The Morgan fingerprint density at radius 1 is 1.21 bits per heavy atom. The number of rotatable bonds is 7. The molecule has 0 saturated carbocycles. The second-order valence-corrected chi connectivity index (χ2v) is 7.55. The molecule has 3 aromatic rings. The maximum Gasteiger partial charge on any atom is 0.234 e. The summed E-state index contributed by atoms with van der Waals surface area (Å²) in [6.45, 7) is 2.40. The molecular weight excluding hydrogens is 445 g/mol. The lowest BCUT2D eigenvalue weighted by Gasteiger charge is -2.11. The highest BCUT2D eigenvalue weighted by Gasteiger charge is 2.16. The summed E-state index contributed by atoms with van der Waals surface area (Å²) < 4.78 is 7.13. The normalized spacial score (nSPS) is 10.7. The molecule has 0 aliphatic rings. The number of carbonyl (C=O) groups is 1. The molecule has 0 fully saturated rings. The van der Waals surface area contributed by atoms with Gasteiger partial charge in [-0.3, -0.25) is 4.79 Å². The molecule has 0 atom stereocenters. The van der Waals surface area contributed by atoms with Crippen molar-refractivity contribution in [1.82, 2.24) is 20.2 Å². The number of nitrogens with one attached hydrogen (secondary N) is 1. The monoisotopic (exact) mass is 457 g/mol. The van der Waals surface area contributed by atoms with E-state index >= 15 is 0 Å². The van der Waals surface area contributed by atoms with Crippen LogP contribution in [0.1, 0.15) is 6.92 Å². The van der Waals surface area contributed by atoms with Crippen LogP contribution in [0.25, 0.3) is 5.69 Å². The summed E-state index contributed by atoms with van der Waals surface area (Å²) in [6, 6.07) is 10.4. The average Bonchev–Trinajstić information content (AvgIpc) is 3.12. The summed E-state index contributed by atoms with van der Waals surface area (Å²) in [4.78, 5) is 12.3. The molecule has 1 amide bonds. The van der Waals surface area contributed by atoms with Crippen molar-refractivity contribution in [2.45, 2.75) is 12.1 Å². The molecular formula is C17H14Cl3N5O2S. The number of anilines is 1. The van der Waals surface area contributed by atoms with Gasteiger partial charge in [0.05, 0.1) is 28.1 Å². The Morgan fingerprint density at radius 3 is 2.64 bits per heavy atom. The zero-order valence-corrected chi connectivity index (χ0v) is 17.6. The van der Waals surface area contributed by atoms with Gasteiger partial charge in [-0.25, -0.2) is 0 Å². The molecule has 1 heterocycles. The third-order valence-corrected chi connectivity index (χ3v) is 5.17. The summed E-state index contributed by atoms with van der Waals surface area (Å²) in [5.74, 6) is 0.374. The molecule has 1 N–H and O–H groups in total. The van der Waals surface area contributed by atoms with Gasteiger partial charge in [0.2, 0.25) is 11.1 Å². The van der Waals surface area contributed by atoms with Crippen LogP contribution in [0.15, 0.2) is 41.6 Å². The number of thioether (sulfide) groups is 1. The van der Waals surface area contributed by atoms with E-state index in [2.05, 4.69) is 20.8 Å². The standard InChI is InChI=1S/C17H14Cl3N5O2S/c1-2-27-14-6-4-3-5-13(14)25-17(22-23-24-25)28-9-15(26)21-16-11(19)7-10(18)8-12(16)20/h3-8H,2,9H2,1H3,(H,21,26). The zero-order valence-electron chi connectivity index (χ0n) is 14.5. The van der Waals surface area contributed by atoms with E-state index in [1.54, 1.807) is 0 Å². The van der Waals surface area contributed by atoms with E-state index in [0.717, 1.165) is 11.8 Å². The average molecular weight is 459 g/mol. The van der Waals surface area contributed by atoms with E-state index in [4.69, 9.17) is 39.5 Å². The molecule has 0 radical (unpaired) electrons. The third-order valence-electron chi connectivity index (χ3n) is 3.44. The second-order valence-electron chi connectivity index (χ2n) is 5.36. The first-order valence-corrected chi connectivity index (χ1v) is 10.2. The van der Waals surface area contributed by atoms with Gasteiger partial charge in [0, 0.05) is 5.02 Å². The number of ether oxygens (including phenoxy) is 1. The van der Waals surface area contributed by atoms with Crippen LogP contribution in [0.4, 0.5) is 5.69 Å². The first kappa shape index (κ1) is 20.7. The predicted octanol–water partition coefficient (Wildman–Crippen LogP) is 4.75. The third kappa shape index (κ3) is 4.88. The Morgan fingerprint density at radius 2 is 1.93 bits per heavy atom. The number of para-hydroxylation sites is 2. The summed E-state index contributed by atoms with van der Waals surface area (Å²) in [5.41, 5.74) is 0.987. The smallest absolute Gasteiger partial charge is 0.234 e. The summed E-state index contributed by atoms with van der Waals surface area (Å²) in [7, 11) is 0. The Labute approximate surface area is 180 Å². The van der Waals surface area contributed by atoms with Crippen molar-refractivity contribution in [2.75, 3.05) is 17.7 Å². The molecule has 0 unspecified atom stereocenters. The maximum atomic E-state index is 12.3. The number of hydrogen-bond donors (Lipinski definition) is 1. The van der Waals surface area contributed by atoms with E-state index in [1.165, 1.54) is 16.8 Å². The molecule has 0 bridgehead atoms. The van der Waals surface area contributed by atoms with Crippen molar-refractivity contribution in [2.24, 2.45) is 0 Å². The fourth-order valence-corrected chi connectivity index (χ4v) is 3.89. The van der Waals surface area contributed by atoms with Gasteiger partial charge in [-0.2, -0.15) is 4.68 Å². The molecule has 7 nitrogen and oxygen atoms in total. The minimum atomic E-state index is -0.316. The van der Waals surface area contributed by atoms with Gasteiger partial charge in [0.1, 0.15) is 11.4 Å². The first-order valence-electron chi connectivity index (χ1n) is 8.07. The lowest BCUT2D eigenvalue weighted by atomic mass is 10.3. The van der Waals surface area contributed by atoms with Gasteiger partial charge >= 0.3 is 0 Å². The van der Waals surface area contributed by atoms with E-state index in [9.17, 15) is 4.79 Å². The number of benzene rings is 2. The number of tetrazole rings is 1. The second kappa shape index (κ2) is 9.47. The number of aromatic nitrogens is 4. The minimum absolute atomic E-state index is 0.0481. The van der Waals surface area contributed by atoms with Crippen molar-refractivity contribution in [3.05, 3.63) is 51.5 Å². The number of nitrogens with zero attached hydrogens (tertiary/aromatic N) is 4. The molecule has 1 aromatic heterocycles. The molecule has 3 rings (SSSR count). The van der Waals surface area contributed by atoms with E-state index in [1.807, 2.05) is 31.2 Å². The van der Waals surface area contributed by atoms with Gasteiger partial charge in [-0.15, -0.1) is 5.10 Å². The van der Waals surface area contributed by atoms with Gasteiger partial charge in [0.25, 0.3) is 0 Å². The van der Waals surface area contributed by atoms with Crippen molar-refractivity contribution >= 4 is 58.2 Å². The van der Waals surface area contributed by atoms with Gasteiger partial charge in [0.15, 0.2) is 0 Å². The Bertz CT molecular complexity index is 975. The van der Waals surface area contributed by atoms with Crippen molar-refractivity contribution in [1.29, 1.82) is 0 Å². The van der Waals surface area contributed by atoms with E-state index < -0.39 is 0 Å². The van der Waals surface area contributed by atoms with Crippen LogP contribution in [0, 0.1) is 0 Å². The lowest BCUT2D eigenvalue weighted by Crippen LogP contribution is -2.15. The molecule has 2 aromatic carbocycles. The molecule has 0 saturated heterocycles. The van der Waals surface area contributed by atoms with Crippen LogP contribution in [0.3, 0.4) is 0 Å². The summed E-state index contributed by atoms with van der Waals surface area (Å²) in [6.07, 6.45) is 0. The minimum Gasteiger partial charge on any atom is -0.492 e. The summed E-state index contributed by atoms with van der Waals surface area (Å²) >= 11 is 19.2. The first-order chi connectivity index (χ1) is 13.5. The van der Waals surface area contributed by atoms with Crippen molar-refractivity contribution in [3.8, 4) is 11.4 Å². The topological polar surface area (TPSA) is 81.9 Å². The van der Waals surface area contributed by atoms with Crippen molar-refractivity contribution in [3.63, 3.8) is 0 Å². The van der Waals surface area contributed by atoms with Crippen molar-refractivity contribution < 1.29 is 9.53 Å². The molecule has 0 spiro atoms. The Balaban J connectivity index is 1.72. The quantitative estimate of drug-likeness (QED) is 0.514. The van der Waals surface area contributed by atoms with Gasteiger partial charge in [-0.05, 0) is 41.6 Å².